The maximum atomic E-state index is 13.1. The Labute approximate surface area is 168 Å². The molecule has 4 nitrogen and oxygen atoms in total. The van der Waals surface area contributed by atoms with Crippen molar-refractivity contribution in [1.29, 1.82) is 0 Å². The number of nitrogens with zero attached hydrogens (tertiary/aromatic N) is 2. The molecule has 2 aromatic carbocycles. The Morgan fingerprint density at radius 3 is 2.46 bits per heavy atom. The summed E-state index contributed by atoms with van der Waals surface area (Å²) in [5, 5.41) is 0. The van der Waals surface area contributed by atoms with Crippen LogP contribution in [0.25, 0.3) is 0 Å². The van der Waals surface area contributed by atoms with Gasteiger partial charge in [-0.1, -0.05) is 43.3 Å². The average Bonchev–Trinajstić information content (AvgIpc) is 2.77. The molecule has 0 radical (unpaired) electrons. The number of carbonyl (C=O) groups excluding carboxylic acids is 2. The molecule has 2 amide bonds. The topological polar surface area (TPSA) is 40.6 Å². The van der Waals surface area contributed by atoms with Gasteiger partial charge in [0.15, 0.2) is 0 Å². The minimum Gasteiger partial charge on any atom is -0.336 e. The van der Waals surface area contributed by atoms with Crippen LogP contribution in [0.3, 0.4) is 0 Å². The van der Waals surface area contributed by atoms with E-state index in [2.05, 4.69) is 6.92 Å². The van der Waals surface area contributed by atoms with Gasteiger partial charge >= 0.3 is 0 Å². The second-order valence-corrected chi connectivity index (χ2v) is 7.44. The highest BCUT2D eigenvalue weighted by Gasteiger charge is 2.26. The van der Waals surface area contributed by atoms with E-state index in [1.165, 1.54) is 6.42 Å². The van der Waals surface area contributed by atoms with Gasteiger partial charge in [0.2, 0.25) is 0 Å². The smallest absolute Gasteiger partial charge is 0.254 e. The molecule has 0 saturated carbocycles. The molecule has 4 heteroatoms. The third kappa shape index (κ3) is 4.61. The van der Waals surface area contributed by atoms with E-state index >= 15 is 0 Å². The number of likely N-dealkylation sites (tertiary alicyclic amines) is 1. The number of amides is 2. The predicted molar refractivity (Wildman–Crippen MR) is 112 cm³/mol. The van der Waals surface area contributed by atoms with Crippen LogP contribution in [0.2, 0.25) is 0 Å². The first-order valence-corrected chi connectivity index (χ1v) is 10.4. The van der Waals surface area contributed by atoms with Gasteiger partial charge in [-0.25, -0.2) is 0 Å². The molecule has 1 atom stereocenters. The van der Waals surface area contributed by atoms with E-state index in [1.54, 1.807) is 12.1 Å². The van der Waals surface area contributed by atoms with Gasteiger partial charge in [-0.2, -0.15) is 0 Å². The molecule has 1 saturated heterocycles. The Balaban J connectivity index is 1.77. The quantitative estimate of drug-likeness (QED) is 0.727. The zero-order valence-corrected chi connectivity index (χ0v) is 16.9. The number of hydrogen-bond acceptors (Lipinski definition) is 2. The molecule has 2 aromatic rings. The van der Waals surface area contributed by atoms with Crippen molar-refractivity contribution in [2.24, 2.45) is 0 Å². The van der Waals surface area contributed by atoms with E-state index in [9.17, 15) is 9.59 Å². The fraction of sp³-hybridized carbons (Fsp3) is 0.417. The Bertz CT molecular complexity index is 803. The molecule has 0 N–H and O–H groups in total. The summed E-state index contributed by atoms with van der Waals surface area (Å²) in [6, 6.07) is 17.5. The van der Waals surface area contributed by atoms with Crippen molar-refractivity contribution < 1.29 is 9.59 Å². The zero-order chi connectivity index (χ0) is 19.9. The first-order chi connectivity index (χ1) is 13.6. The first kappa shape index (κ1) is 20.1. The van der Waals surface area contributed by atoms with Gasteiger partial charge < -0.3 is 9.80 Å². The van der Waals surface area contributed by atoms with Gasteiger partial charge in [0.05, 0.1) is 0 Å². The maximum absolute atomic E-state index is 13.1. The fourth-order valence-corrected chi connectivity index (χ4v) is 3.96. The lowest BCUT2D eigenvalue weighted by molar-refractivity contribution is 0.0608. The van der Waals surface area contributed by atoms with Crippen LogP contribution < -0.4 is 0 Å². The van der Waals surface area contributed by atoms with Gasteiger partial charge in [-0.3, -0.25) is 9.59 Å². The van der Waals surface area contributed by atoms with Gasteiger partial charge in [-0.05, 0) is 56.4 Å². The van der Waals surface area contributed by atoms with Crippen molar-refractivity contribution in [3.05, 3.63) is 71.3 Å². The standard InChI is InChI=1S/C24H30N2O2/c1-3-22-15-8-9-16-26(22)24(28)21-14-10-13-20(17-21)23(27)25(4-2)18-19-11-6-5-7-12-19/h5-7,10-14,17,22H,3-4,8-9,15-16,18H2,1-2H3. The molecule has 0 spiro atoms. The summed E-state index contributed by atoms with van der Waals surface area (Å²) in [6.45, 7) is 6.12. The van der Waals surface area contributed by atoms with Crippen molar-refractivity contribution in [1.82, 2.24) is 9.80 Å². The fourth-order valence-electron chi connectivity index (χ4n) is 3.96. The third-order valence-corrected chi connectivity index (χ3v) is 5.60. The molecule has 1 aliphatic rings. The molecule has 0 bridgehead atoms. The van der Waals surface area contributed by atoms with Crippen molar-refractivity contribution in [3.8, 4) is 0 Å². The van der Waals surface area contributed by atoms with Crippen LogP contribution in [0.1, 0.15) is 65.8 Å². The summed E-state index contributed by atoms with van der Waals surface area (Å²) in [5.41, 5.74) is 2.29. The van der Waals surface area contributed by atoms with E-state index in [-0.39, 0.29) is 11.8 Å². The first-order valence-electron chi connectivity index (χ1n) is 10.4. The summed E-state index contributed by atoms with van der Waals surface area (Å²) < 4.78 is 0. The monoisotopic (exact) mass is 378 g/mol. The van der Waals surface area contributed by atoms with Gasteiger partial charge in [0.1, 0.15) is 0 Å². The normalized spacial score (nSPS) is 16.6. The highest BCUT2D eigenvalue weighted by molar-refractivity contribution is 5.99. The largest absolute Gasteiger partial charge is 0.336 e. The highest BCUT2D eigenvalue weighted by Crippen LogP contribution is 2.22. The highest BCUT2D eigenvalue weighted by atomic mass is 16.2. The molecular formula is C24H30N2O2. The Kier molecular flexibility index (Phi) is 6.85. The van der Waals surface area contributed by atoms with E-state index in [1.807, 2.05) is 59.2 Å². The molecule has 3 rings (SSSR count). The van der Waals surface area contributed by atoms with Crippen LogP contribution in [0.5, 0.6) is 0 Å². The summed E-state index contributed by atoms with van der Waals surface area (Å²) in [7, 11) is 0. The lowest BCUT2D eigenvalue weighted by Gasteiger charge is -2.35. The second kappa shape index (κ2) is 9.54. The van der Waals surface area contributed by atoms with Crippen molar-refractivity contribution in [2.45, 2.75) is 52.1 Å². The minimum absolute atomic E-state index is 0.0355. The third-order valence-electron chi connectivity index (χ3n) is 5.60. The van der Waals surface area contributed by atoms with Crippen molar-refractivity contribution in [3.63, 3.8) is 0 Å². The molecule has 0 aromatic heterocycles. The van der Waals surface area contributed by atoms with Gasteiger partial charge in [0, 0.05) is 36.8 Å². The predicted octanol–water partition coefficient (Wildman–Crippen LogP) is 4.75. The average molecular weight is 379 g/mol. The number of hydrogen-bond donors (Lipinski definition) is 0. The van der Waals surface area contributed by atoms with Crippen LogP contribution >= 0.6 is 0 Å². The van der Waals surface area contributed by atoms with Crippen LogP contribution in [-0.4, -0.2) is 40.7 Å². The van der Waals surface area contributed by atoms with Crippen molar-refractivity contribution in [2.75, 3.05) is 13.1 Å². The van der Waals surface area contributed by atoms with E-state index < -0.39 is 0 Å². The molecule has 1 fully saturated rings. The van der Waals surface area contributed by atoms with Crippen LogP contribution in [0, 0.1) is 0 Å². The lowest BCUT2D eigenvalue weighted by atomic mass is 9.98. The zero-order valence-electron chi connectivity index (χ0n) is 16.9. The van der Waals surface area contributed by atoms with E-state index in [0.29, 0.717) is 30.3 Å². The summed E-state index contributed by atoms with van der Waals surface area (Å²) in [4.78, 5) is 29.9. The summed E-state index contributed by atoms with van der Waals surface area (Å²) >= 11 is 0. The van der Waals surface area contributed by atoms with Gasteiger partial charge in [0.25, 0.3) is 11.8 Å². The second-order valence-electron chi connectivity index (χ2n) is 7.44. The number of carbonyl (C=O) groups is 2. The molecule has 28 heavy (non-hydrogen) atoms. The van der Waals surface area contributed by atoms with Crippen LogP contribution in [0.4, 0.5) is 0 Å². The number of benzene rings is 2. The summed E-state index contributed by atoms with van der Waals surface area (Å²) in [6.07, 6.45) is 4.29. The molecule has 1 aliphatic heterocycles. The maximum Gasteiger partial charge on any atom is 0.254 e. The molecular weight excluding hydrogens is 348 g/mol. The molecule has 1 unspecified atom stereocenters. The SMILES string of the molecule is CCC1CCCCN1C(=O)c1cccc(C(=O)N(CC)Cc2ccccc2)c1. The molecule has 148 valence electrons. The Morgan fingerprint density at radius 1 is 1.00 bits per heavy atom. The Hall–Kier alpha value is -2.62. The van der Waals surface area contributed by atoms with Crippen LogP contribution in [0.15, 0.2) is 54.6 Å². The van der Waals surface area contributed by atoms with Crippen molar-refractivity contribution >= 4 is 11.8 Å². The minimum atomic E-state index is -0.0355. The van der Waals surface area contributed by atoms with E-state index in [0.717, 1.165) is 31.4 Å². The lowest BCUT2D eigenvalue weighted by Crippen LogP contribution is -2.43. The Morgan fingerprint density at radius 2 is 1.75 bits per heavy atom. The van der Waals surface area contributed by atoms with Gasteiger partial charge in [-0.15, -0.1) is 0 Å². The van der Waals surface area contributed by atoms with E-state index in [4.69, 9.17) is 0 Å². The number of piperidine rings is 1. The number of rotatable bonds is 6. The molecule has 0 aliphatic carbocycles. The summed E-state index contributed by atoms with van der Waals surface area (Å²) in [5.74, 6) is 0.0130. The van der Waals surface area contributed by atoms with Crippen LogP contribution in [-0.2, 0) is 6.54 Å². The molecule has 1 heterocycles.